The number of halogens is 1. The maximum atomic E-state index is 3.56. The van der Waals surface area contributed by atoms with Gasteiger partial charge in [0.2, 0.25) is 0 Å². The van der Waals surface area contributed by atoms with Crippen LogP contribution in [0.4, 0.5) is 0 Å². The molecule has 2 heteroatoms. The molecule has 0 N–H and O–H groups in total. The Morgan fingerprint density at radius 3 is 2.36 bits per heavy atom. The van der Waals surface area contributed by atoms with Crippen molar-refractivity contribution < 1.29 is 0 Å². The summed E-state index contributed by atoms with van der Waals surface area (Å²) in [4.78, 5) is 2.88. The van der Waals surface area contributed by atoms with Crippen molar-refractivity contribution in [3.05, 3.63) is 35.4 Å². The van der Waals surface area contributed by atoms with E-state index in [1.807, 2.05) is 0 Å². The fourth-order valence-electron chi connectivity index (χ4n) is 1.50. The molecule has 0 spiro atoms. The second-order valence-corrected chi connectivity index (χ2v) is 5.53. The summed E-state index contributed by atoms with van der Waals surface area (Å²) in [6, 6.07) is 8.73. The van der Waals surface area contributed by atoms with Crippen molar-refractivity contribution in [2.45, 2.75) is 25.2 Å². The first-order valence-corrected chi connectivity index (χ1v) is 5.87. The molecular formula is C12H18BrN. The number of alkyl halides is 1. The quantitative estimate of drug-likeness (QED) is 0.748. The van der Waals surface area contributed by atoms with Crippen LogP contribution in [0.15, 0.2) is 24.3 Å². The van der Waals surface area contributed by atoms with Gasteiger partial charge in [0.25, 0.3) is 0 Å². The molecule has 1 unspecified atom stereocenters. The van der Waals surface area contributed by atoms with Crippen molar-refractivity contribution in [1.29, 1.82) is 0 Å². The predicted octanol–water partition coefficient (Wildman–Crippen LogP) is 3.21. The van der Waals surface area contributed by atoms with Gasteiger partial charge in [-0.25, -0.2) is 0 Å². The van der Waals surface area contributed by atoms with Gasteiger partial charge >= 0.3 is 0 Å². The molecule has 1 aromatic rings. The molecule has 0 aliphatic heterocycles. The lowest BCUT2D eigenvalue weighted by molar-refractivity contribution is 0.333. The molecular weight excluding hydrogens is 238 g/mol. The Labute approximate surface area is 95.2 Å². The average Bonchev–Trinajstić information content (AvgIpc) is 2.07. The molecule has 0 radical (unpaired) electrons. The highest BCUT2D eigenvalue weighted by Gasteiger charge is 2.03. The number of hydrogen-bond acceptors (Lipinski definition) is 1. The maximum absolute atomic E-state index is 3.56. The van der Waals surface area contributed by atoms with Crippen molar-refractivity contribution in [3.8, 4) is 0 Å². The van der Waals surface area contributed by atoms with Gasteiger partial charge in [0.15, 0.2) is 0 Å². The molecule has 78 valence electrons. The Morgan fingerprint density at radius 2 is 1.86 bits per heavy atom. The van der Waals surface area contributed by atoms with E-state index in [-0.39, 0.29) is 0 Å². The lowest BCUT2D eigenvalue weighted by Crippen LogP contribution is -2.23. The van der Waals surface area contributed by atoms with Crippen LogP contribution in [0, 0.1) is 6.92 Å². The Bertz CT molecular complexity index is 266. The van der Waals surface area contributed by atoms with E-state index >= 15 is 0 Å². The first-order chi connectivity index (χ1) is 6.58. The molecule has 0 heterocycles. The molecule has 0 aliphatic carbocycles. The number of nitrogens with zero attached hydrogens (tertiary/aromatic N) is 1. The minimum atomic E-state index is 0.554. The molecule has 1 rings (SSSR count). The summed E-state index contributed by atoms with van der Waals surface area (Å²) in [5.74, 6) is 0. The van der Waals surface area contributed by atoms with E-state index in [0.29, 0.717) is 4.83 Å². The standard InChI is InChI=1S/C12H18BrN/c1-10-4-6-12(7-5-10)9-14(3)8-11(2)13/h4-7,11H,8-9H2,1-3H3. The number of hydrogen-bond donors (Lipinski definition) is 0. The van der Waals surface area contributed by atoms with E-state index in [1.54, 1.807) is 0 Å². The van der Waals surface area contributed by atoms with E-state index < -0.39 is 0 Å². The molecule has 1 atom stereocenters. The van der Waals surface area contributed by atoms with Gasteiger partial charge in [0.1, 0.15) is 0 Å². The van der Waals surface area contributed by atoms with Crippen LogP contribution in [0.5, 0.6) is 0 Å². The van der Waals surface area contributed by atoms with Crippen LogP contribution in [-0.4, -0.2) is 23.3 Å². The summed E-state index contributed by atoms with van der Waals surface area (Å²) in [6.45, 7) is 6.39. The van der Waals surface area contributed by atoms with Gasteiger partial charge in [-0.2, -0.15) is 0 Å². The van der Waals surface area contributed by atoms with Crippen molar-refractivity contribution in [3.63, 3.8) is 0 Å². The fraction of sp³-hybridized carbons (Fsp3) is 0.500. The third-order valence-electron chi connectivity index (χ3n) is 2.14. The van der Waals surface area contributed by atoms with E-state index in [9.17, 15) is 0 Å². The highest BCUT2D eigenvalue weighted by Crippen LogP contribution is 2.07. The third kappa shape index (κ3) is 4.25. The molecule has 0 saturated carbocycles. The smallest absolute Gasteiger partial charge is 0.0244 e. The van der Waals surface area contributed by atoms with Crippen molar-refractivity contribution in [2.24, 2.45) is 0 Å². The summed E-state index contributed by atoms with van der Waals surface area (Å²) in [6.07, 6.45) is 0. The summed E-state index contributed by atoms with van der Waals surface area (Å²) >= 11 is 3.56. The van der Waals surface area contributed by atoms with Crippen molar-refractivity contribution in [2.75, 3.05) is 13.6 Å². The molecule has 14 heavy (non-hydrogen) atoms. The summed E-state index contributed by atoms with van der Waals surface area (Å²) in [7, 11) is 2.15. The van der Waals surface area contributed by atoms with Gasteiger partial charge in [-0.05, 0) is 19.5 Å². The molecule has 0 amide bonds. The highest BCUT2D eigenvalue weighted by atomic mass is 79.9. The lowest BCUT2D eigenvalue weighted by atomic mass is 10.1. The third-order valence-corrected chi connectivity index (χ3v) is 2.43. The highest BCUT2D eigenvalue weighted by molar-refractivity contribution is 9.09. The fourth-order valence-corrected chi connectivity index (χ4v) is 1.99. The van der Waals surface area contributed by atoms with E-state index in [1.165, 1.54) is 11.1 Å². The SMILES string of the molecule is Cc1ccc(CN(C)CC(C)Br)cc1. The average molecular weight is 256 g/mol. The molecule has 0 fully saturated rings. The Kier molecular flexibility index (Phi) is 4.63. The molecule has 1 aromatic carbocycles. The van der Waals surface area contributed by atoms with Crippen LogP contribution < -0.4 is 0 Å². The van der Waals surface area contributed by atoms with Gasteiger partial charge in [-0.15, -0.1) is 0 Å². The largest absolute Gasteiger partial charge is 0.301 e. The molecule has 0 saturated heterocycles. The van der Waals surface area contributed by atoms with Gasteiger partial charge in [-0.1, -0.05) is 52.7 Å². The van der Waals surface area contributed by atoms with E-state index in [2.05, 4.69) is 66.0 Å². The van der Waals surface area contributed by atoms with Crippen LogP contribution in [0.3, 0.4) is 0 Å². The van der Waals surface area contributed by atoms with Gasteiger partial charge in [0, 0.05) is 17.9 Å². The van der Waals surface area contributed by atoms with Crippen LogP contribution >= 0.6 is 15.9 Å². The number of aryl methyl sites for hydroxylation is 1. The summed E-state index contributed by atoms with van der Waals surface area (Å²) in [5.41, 5.74) is 2.71. The number of rotatable bonds is 4. The molecule has 0 aliphatic rings. The van der Waals surface area contributed by atoms with Crippen molar-refractivity contribution in [1.82, 2.24) is 4.90 Å². The topological polar surface area (TPSA) is 3.24 Å². The normalized spacial score (nSPS) is 13.2. The zero-order valence-corrected chi connectivity index (χ0v) is 10.7. The van der Waals surface area contributed by atoms with E-state index in [0.717, 1.165) is 13.1 Å². The minimum Gasteiger partial charge on any atom is -0.301 e. The minimum absolute atomic E-state index is 0.554. The van der Waals surface area contributed by atoms with Crippen LogP contribution in [-0.2, 0) is 6.54 Å². The first kappa shape index (κ1) is 11.7. The van der Waals surface area contributed by atoms with Crippen LogP contribution in [0.25, 0.3) is 0 Å². The molecule has 0 aromatic heterocycles. The lowest BCUT2D eigenvalue weighted by Gasteiger charge is -2.18. The molecule has 1 nitrogen and oxygen atoms in total. The zero-order valence-electron chi connectivity index (χ0n) is 9.13. The summed E-state index contributed by atoms with van der Waals surface area (Å²) in [5, 5.41) is 0. The Balaban J connectivity index is 2.47. The monoisotopic (exact) mass is 255 g/mol. The first-order valence-electron chi connectivity index (χ1n) is 4.96. The second kappa shape index (κ2) is 5.52. The van der Waals surface area contributed by atoms with Crippen LogP contribution in [0.2, 0.25) is 0 Å². The van der Waals surface area contributed by atoms with Gasteiger partial charge in [-0.3, -0.25) is 0 Å². The molecule has 0 bridgehead atoms. The predicted molar refractivity (Wildman–Crippen MR) is 65.9 cm³/mol. The zero-order chi connectivity index (χ0) is 10.6. The Hall–Kier alpha value is -0.340. The summed E-state index contributed by atoms with van der Waals surface area (Å²) < 4.78 is 0. The van der Waals surface area contributed by atoms with Crippen molar-refractivity contribution >= 4 is 15.9 Å². The van der Waals surface area contributed by atoms with Gasteiger partial charge < -0.3 is 4.90 Å². The van der Waals surface area contributed by atoms with Gasteiger partial charge in [0.05, 0.1) is 0 Å². The maximum Gasteiger partial charge on any atom is 0.0244 e. The van der Waals surface area contributed by atoms with E-state index in [4.69, 9.17) is 0 Å². The second-order valence-electron chi connectivity index (χ2n) is 3.96. The van der Waals surface area contributed by atoms with Crippen LogP contribution in [0.1, 0.15) is 18.1 Å². The Morgan fingerprint density at radius 1 is 1.29 bits per heavy atom. The number of benzene rings is 1.